The summed E-state index contributed by atoms with van der Waals surface area (Å²) in [5.74, 6) is 0. The van der Waals surface area contributed by atoms with Crippen molar-refractivity contribution in [2.75, 3.05) is 19.9 Å². The van der Waals surface area contributed by atoms with Crippen LogP contribution in [-0.4, -0.2) is 19.9 Å². The van der Waals surface area contributed by atoms with Crippen molar-refractivity contribution in [3.8, 4) is 0 Å². The molecule has 0 aromatic heterocycles. The van der Waals surface area contributed by atoms with Gasteiger partial charge in [0.05, 0.1) is 6.61 Å². The van der Waals surface area contributed by atoms with Gasteiger partial charge in [-0.2, -0.15) is 0 Å². The molecule has 3 nitrogen and oxygen atoms in total. The van der Waals surface area contributed by atoms with Gasteiger partial charge in [0.2, 0.25) is 0 Å². The molecule has 1 saturated heterocycles. The summed E-state index contributed by atoms with van der Waals surface area (Å²) in [6.07, 6.45) is 2.57. The SMILES string of the molecule is NCC1(c2ccc(C3COCO3)cc2)CC1. The molecule has 0 spiro atoms. The van der Waals surface area contributed by atoms with Gasteiger partial charge in [-0.25, -0.2) is 0 Å². The fraction of sp³-hybridized carbons (Fsp3) is 0.538. The molecule has 1 unspecified atom stereocenters. The third-order valence-corrected chi connectivity index (χ3v) is 3.76. The molecule has 1 atom stereocenters. The molecule has 16 heavy (non-hydrogen) atoms. The highest BCUT2D eigenvalue weighted by atomic mass is 16.7. The zero-order chi connectivity index (χ0) is 11.0. The molecule has 1 heterocycles. The Morgan fingerprint density at radius 3 is 2.50 bits per heavy atom. The van der Waals surface area contributed by atoms with Crippen LogP contribution in [0.3, 0.4) is 0 Å². The zero-order valence-electron chi connectivity index (χ0n) is 9.32. The van der Waals surface area contributed by atoms with Crippen molar-refractivity contribution in [2.24, 2.45) is 5.73 Å². The lowest BCUT2D eigenvalue weighted by molar-refractivity contribution is 0.0466. The van der Waals surface area contributed by atoms with Crippen molar-refractivity contribution in [1.82, 2.24) is 0 Å². The summed E-state index contributed by atoms with van der Waals surface area (Å²) in [7, 11) is 0. The summed E-state index contributed by atoms with van der Waals surface area (Å²) in [6.45, 7) is 1.84. The van der Waals surface area contributed by atoms with Crippen LogP contribution in [0.4, 0.5) is 0 Å². The Kier molecular flexibility index (Phi) is 2.46. The van der Waals surface area contributed by atoms with Crippen LogP contribution in [-0.2, 0) is 14.9 Å². The van der Waals surface area contributed by atoms with E-state index in [-0.39, 0.29) is 11.5 Å². The lowest BCUT2D eigenvalue weighted by atomic mass is 9.94. The summed E-state index contributed by atoms with van der Waals surface area (Å²) in [6, 6.07) is 8.67. The summed E-state index contributed by atoms with van der Waals surface area (Å²) in [4.78, 5) is 0. The molecule has 2 aliphatic rings. The maximum Gasteiger partial charge on any atom is 0.147 e. The second-order valence-corrected chi connectivity index (χ2v) is 4.75. The molecule has 1 aromatic carbocycles. The van der Waals surface area contributed by atoms with Gasteiger partial charge in [-0.1, -0.05) is 24.3 Å². The second kappa shape index (κ2) is 3.84. The minimum Gasteiger partial charge on any atom is -0.352 e. The summed E-state index contributed by atoms with van der Waals surface area (Å²) >= 11 is 0. The van der Waals surface area contributed by atoms with Gasteiger partial charge < -0.3 is 15.2 Å². The molecule has 1 aliphatic heterocycles. The van der Waals surface area contributed by atoms with Crippen LogP contribution < -0.4 is 5.73 Å². The van der Waals surface area contributed by atoms with Crippen molar-refractivity contribution in [2.45, 2.75) is 24.4 Å². The Labute approximate surface area is 95.5 Å². The first kappa shape index (κ1) is 10.3. The minimum absolute atomic E-state index is 0.113. The van der Waals surface area contributed by atoms with Gasteiger partial charge in [-0.3, -0.25) is 0 Å². The van der Waals surface area contributed by atoms with Crippen molar-refractivity contribution in [3.63, 3.8) is 0 Å². The predicted octanol–water partition coefficient (Wildman–Crippen LogP) is 1.72. The Morgan fingerprint density at radius 1 is 1.25 bits per heavy atom. The second-order valence-electron chi connectivity index (χ2n) is 4.75. The van der Waals surface area contributed by atoms with Crippen LogP contribution in [0.1, 0.15) is 30.1 Å². The Hall–Kier alpha value is -0.900. The molecule has 1 aliphatic carbocycles. The van der Waals surface area contributed by atoms with E-state index in [1.165, 1.54) is 24.0 Å². The van der Waals surface area contributed by atoms with Gasteiger partial charge in [0.15, 0.2) is 0 Å². The first-order chi connectivity index (χ1) is 7.84. The van der Waals surface area contributed by atoms with E-state index in [1.807, 2.05) is 0 Å². The van der Waals surface area contributed by atoms with Crippen molar-refractivity contribution in [3.05, 3.63) is 35.4 Å². The maximum absolute atomic E-state index is 5.82. The standard InChI is InChI=1S/C13H17NO2/c14-8-13(5-6-13)11-3-1-10(2-4-11)12-7-15-9-16-12/h1-4,12H,5-9,14H2. The van der Waals surface area contributed by atoms with E-state index in [0.717, 1.165) is 6.54 Å². The molecular weight excluding hydrogens is 202 g/mol. The number of nitrogens with two attached hydrogens (primary N) is 1. The van der Waals surface area contributed by atoms with Crippen LogP contribution in [0.15, 0.2) is 24.3 Å². The number of rotatable bonds is 3. The van der Waals surface area contributed by atoms with Gasteiger partial charge in [-0.05, 0) is 24.0 Å². The monoisotopic (exact) mass is 219 g/mol. The smallest absolute Gasteiger partial charge is 0.147 e. The minimum atomic E-state index is 0.113. The molecule has 3 rings (SSSR count). The number of hydrogen-bond acceptors (Lipinski definition) is 3. The van der Waals surface area contributed by atoms with Gasteiger partial charge in [0, 0.05) is 12.0 Å². The molecule has 0 amide bonds. The average molecular weight is 219 g/mol. The summed E-state index contributed by atoms with van der Waals surface area (Å²) in [5, 5.41) is 0. The van der Waals surface area contributed by atoms with E-state index in [9.17, 15) is 0 Å². The van der Waals surface area contributed by atoms with E-state index >= 15 is 0 Å². The Bertz CT molecular complexity index is 364. The molecule has 0 radical (unpaired) electrons. The number of hydrogen-bond donors (Lipinski definition) is 1. The molecule has 0 bridgehead atoms. The lowest BCUT2D eigenvalue weighted by Crippen LogP contribution is -2.19. The van der Waals surface area contributed by atoms with E-state index in [4.69, 9.17) is 15.2 Å². The Morgan fingerprint density at radius 2 is 2.00 bits per heavy atom. The third-order valence-electron chi connectivity index (χ3n) is 3.76. The lowest BCUT2D eigenvalue weighted by Gasteiger charge is -2.14. The van der Waals surface area contributed by atoms with Crippen LogP contribution in [0.2, 0.25) is 0 Å². The fourth-order valence-corrected chi connectivity index (χ4v) is 2.34. The third kappa shape index (κ3) is 1.65. The van der Waals surface area contributed by atoms with Gasteiger partial charge in [-0.15, -0.1) is 0 Å². The fourth-order valence-electron chi connectivity index (χ4n) is 2.34. The topological polar surface area (TPSA) is 44.5 Å². The van der Waals surface area contributed by atoms with Crippen molar-refractivity contribution in [1.29, 1.82) is 0 Å². The van der Waals surface area contributed by atoms with Crippen LogP contribution >= 0.6 is 0 Å². The largest absolute Gasteiger partial charge is 0.352 e. The van der Waals surface area contributed by atoms with E-state index in [0.29, 0.717) is 13.4 Å². The first-order valence-electron chi connectivity index (χ1n) is 5.84. The molecular formula is C13H17NO2. The van der Waals surface area contributed by atoms with Gasteiger partial charge in [0.1, 0.15) is 12.9 Å². The molecule has 1 saturated carbocycles. The van der Waals surface area contributed by atoms with Gasteiger partial charge >= 0.3 is 0 Å². The summed E-state index contributed by atoms with van der Waals surface area (Å²) in [5.41, 5.74) is 8.68. The summed E-state index contributed by atoms with van der Waals surface area (Å²) < 4.78 is 10.7. The van der Waals surface area contributed by atoms with Crippen molar-refractivity contribution >= 4 is 0 Å². The van der Waals surface area contributed by atoms with E-state index in [1.54, 1.807) is 0 Å². The predicted molar refractivity (Wildman–Crippen MR) is 61.1 cm³/mol. The number of benzene rings is 1. The molecule has 3 heteroatoms. The highest BCUT2D eigenvalue weighted by Crippen LogP contribution is 2.47. The number of ether oxygens (including phenoxy) is 2. The molecule has 1 aromatic rings. The first-order valence-corrected chi connectivity index (χ1v) is 5.84. The van der Waals surface area contributed by atoms with Gasteiger partial charge in [0.25, 0.3) is 0 Å². The highest BCUT2D eigenvalue weighted by Gasteiger charge is 2.42. The average Bonchev–Trinajstić information content (AvgIpc) is 2.96. The highest BCUT2D eigenvalue weighted by molar-refractivity contribution is 5.35. The molecule has 2 N–H and O–H groups in total. The van der Waals surface area contributed by atoms with Crippen molar-refractivity contribution < 1.29 is 9.47 Å². The zero-order valence-corrected chi connectivity index (χ0v) is 9.32. The molecule has 2 fully saturated rings. The quantitative estimate of drug-likeness (QED) is 0.842. The van der Waals surface area contributed by atoms with Crippen LogP contribution in [0, 0.1) is 0 Å². The maximum atomic E-state index is 5.82. The van der Waals surface area contributed by atoms with Crippen LogP contribution in [0.25, 0.3) is 0 Å². The normalized spacial score (nSPS) is 26.9. The Balaban J connectivity index is 1.79. The molecule has 86 valence electrons. The van der Waals surface area contributed by atoms with E-state index in [2.05, 4.69) is 24.3 Å². The van der Waals surface area contributed by atoms with Crippen LogP contribution in [0.5, 0.6) is 0 Å². The van der Waals surface area contributed by atoms with E-state index < -0.39 is 0 Å².